The minimum absolute atomic E-state index is 0.172. The van der Waals surface area contributed by atoms with Crippen molar-refractivity contribution < 1.29 is 9.13 Å². The third-order valence-electron chi connectivity index (χ3n) is 3.35. The highest BCUT2D eigenvalue weighted by molar-refractivity contribution is 5.16. The van der Waals surface area contributed by atoms with Gasteiger partial charge >= 0.3 is 0 Å². The first-order valence-electron chi connectivity index (χ1n) is 6.38. The number of rotatable bonds is 5. The van der Waals surface area contributed by atoms with Gasteiger partial charge in [0.15, 0.2) is 0 Å². The second-order valence-corrected chi connectivity index (χ2v) is 4.70. The van der Waals surface area contributed by atoms with Crippen LogP contribution in [-0.2, 0) is 11.2 Å². The van der Waals surface area contributed by atoms with E-state index in [9.17, 15) is 4.39 Å². The molecular weight excluding hydrogens is 217 g/mol. The minimum Gasteiger partial charge on any atom is -0.375 e. The van der Waals surface area contributed by atoms with E-state index >= 15 is 0 Å². The summed E-state index contributed by atoms with van der Waals surface area (Å²) in [7, 11) is 0. The molecule has 1 aromatic rings. The van der Waals surface area contributed by atoms with Crippen LogP contribution in [0.4, 0.5) is 4.39 Å². The van der Waals surface area contributed by atoms with Gasteiger partial charge in [-0.15, -0.1) is 0 Å². The summed E-state index contributed by atoms with van der Waals surface area (Å²) in [4.78, 5) is 0. The Hall–Kier alpha value is -0.930. The summed E-state index contributed by atoms with van der Waals surface area (Å²) in [6.07, 6.45) is 5.92. The first-order valence-corrected chi connectivity index (χ1v) is 6.38. The molecule has 0 amide bonds. The summed E-state index contributed by atoms with van der Waals surface area (Å²) >= 11 is 0. The molecule has 1 aliphatic heterocycles. The van der Waals surface area contributed by atoms with Crippen LogP contribution in [0.15, 0.2) is 24.3 Å². The molecule has 94 valence electrons. The van der Waals surface area contributed by atoms with Crippen molar-refractivity contribution in [3.63, 3.8) is 0 Å². The number of halogens is 1. The molecular formula is C14H20FNO. The lowest BCUT2D eigenvalue weighted by molar-refractivity contribution is 0.0378. The third kappa shape index (κ3) is 3.79. The molecule has 2 N–H and O–H groups in total. The average Bonchev–Trinajstić information content (AvgIpc) is 2.77. The number of hydrogen-bond acceptors (Lipinski definition) is 2. The van der Waals surface area contributed by atoms with E-state index in [-0.39, 0.29) is 5.82 Å². The lowest BCUT2D eigenvalue weighted by Gasteiger charge is -2.12. The van der Waals surface area contributed by atoms with Crippen LogP contribution in [0.5, 0.6) is 0 Å². The van der Waals surface area contributed by atoms with E-state index in [0.29, 0.717) is 18.8 Å². The lowest BCUT2D eigenvalue weighted by Crippen LogP contribution is -2.15. The molecule has 3 heteroatoms. The lowest BCUT2D eigenvalue weighted by atomic mass is 10.0. The van der Waals surface area contributed by atoms with Gasteiger partial charge < -0.3 is 10.5 Å². The van der Waals surface area contributed by atoms with Gasteiger partial charge in [0.2, 0.25) is 0 Å². The maximum atomic E-state index is 12.7. The minimum atomic E-state index is -0.172. The highest BCUT2D eigenvalue weighted by Gasteiger charge is 2.23. The van der Waals surface area contributed by atoms with E-state index in [1.807, 2.05) is 12.1 Å². The zero-order valence-corrected chi connectivity index (χ0v) is 10.1. The fourth-order valence-corrected chi connectivity index (χ4v) is 2.37. The van der Waals surface area contributed by atoms with Gasteiger partial charge in [0.25, 0.3) is 0 Å². The highest BCUT2D eigenvalue weighted by atomic mass is 19.1. The second kappa shape index (κ2) is 6.12. The van der Waals surface area contributed by atoms with Crippen LogP contribution in [0.3, 0.4) is 0 Å². The molecule has 1 saturated heterocycles. The fourth-order valence-electron chi connectivity index (χ4n) is 2.37. The molecule has 2 atom stereocenters. The number of ether oxygens (including phenoxy) is 1. The molecule has 1 aliphatic rings. The molecule has 1 heterocycles. The number of hydrogen-bond donors (Lipinski definition) is 1. The summed E-state index contributed by atoms with van der Waals surface area (Å²) in [6.45, 7) is 0.704. The normalized spacial score (nSPS) is 24.1. The summed E-state index contributed by atoms with van der Waals surface area (Å²) < 4.78 is 18.6. The Morgan fingerprint density at radius 3 is 2.41 bits per heavy atom. The van der Waals surface area contributed by atoms with Crippen LogP contribution in [0.2, 0.25) is 0 Å². The molecule has 0 spiro atoms. The second-order valence-electron chi connectivity index (χ2n) is 4.70. The monoisotopic (exact) mass is 237 g/mol. The van der Waals surface area contributed by atoms with E-state index in [1.54, 1.807) is 0 Å². The van der Waals surface area contributed by atoms with Crippen molar-refractivity contribution in [2.75, 3.05) is 6.54 Å². The van der Waals surface area contributed by atoms with Gasteiger partial charge in [-0.1, -0.05) is 12.1 Å². The summed E-state index contributed by atoms with van der Waals surface area (Å²) in [5, 5.41) is 0. The molecule has 0 bridgehead atoms. The summed E-state index contributed by atoms with van der Waals surface area (Å²) in [5.41, 5.74) is 6.70. The Labute approximate surface area is 102 Å². The van der Waals surface area contributed by atoms with Gasteiger partial charge in [0.05, 0.1) is 12.2 Å². The van der Waals surface area contributed by atoms with E-state index in [1.165, 1.54) is 17.7 Å². The van der Waals surface area contributed by atoms with Crippen LogP contribution >= 0.6 is 0 Å². The predicted octanol–water partition coefficient (Wildman–Crippen LogP) is 2.65. The van der Waals surface area contributed by atoms with E-state index < -0.39 is 0 Å². The van der Waals surface area contributed by atoms with E-state index in [4.69, 9.17) is 10.5 Å². The Bertz CT molecular complexity index is 339. The van der Waals surface area contributed by atoms with Gasteiger partial charge in [0.1, 0.15) is 5.82 Å². The van der Waals surface area contributed by atoms with Crippen LogP contribution in [0.1, 0.15) is 31.2 Å². The molecule has 17 heavy (non-hydrogen) atoms. The smallest absolute Gasteiger partial charge is 0.123 e. The Balaban J connectivity index is 1.74. The molecule has 1 fully saturated rings. The maximum Gasteiger partial charge on any atom is 0.123 e. The Morgan fingerprint density at radius 1 is 1.12 bits per heavy atom. The van der Waals surface area contributed by atoms with Crippen LogP contribution in [0.25, 0.3) is 0 Å². The first-order chi connectivity index (χ1) is 8.28. The highest BCUT2D eigenvalue weighted by Crippen LogP contribution is 2.25. The van der Waals surface area contributed by atoms with Crippen molar-refractivity contribution in [3.05, 3.63) is 35.6 Å². The van der Waals surface area contributed by atoms with Crippen molar-refractivity contribution >= 4 is 0 Å². The van der Waals surface area contributed by atoms with Crippen molar-refractivity contribution in [2.45, 2.75) is 44.3 Å². The van der Waals surface area contributed by atoms with Crippen LogP contribution < -0.4 is 5.73 Å². The van der Waals surface area contributed by atoms with E-state index in [0.717, 1.165) is 32.1 Å². The fraction of sp³-hybridized carbons (Fsp3) is 0.571. The van der Waals surface area contributed by atoms with Crippen molar-refractivity contribution in [1.82, 2.24) is 0 Å². The van der Waals surface area contributed by atoms with E-state index in [2.05, 4.69) is 0 Å². The largest absolute Gasteiger partial charge is 0.375 e. The van der Waals surface area contributed by atoms with Crippen LogP contribution in [0, 0.1) is 5.82 Å². The molecule has 0 saturated carbocycles. The zero-order valence-electron chi connectivity index (χ0n) is 10.1. The molecule has 1 aromatic carbocycles. The topological polar surface area (TPSA) is 35.2 Å². The van der Waals surface area contributed by atoms with Crippen molar-refractivity contribution in [3.8, 4) is 0 Å². The number of nitrogens with two attached hydrogens (primary N) is 1. The van der Waals surface area contributed by atoms with Gasteiger partial charge in [-0.25, -0.2) is 4.39 Å². The zero-order chi connectivity index (χ0) is 12.1. The SMILES string of the molecule is NCCC1CCC(CCc2ccc(F)cc2)O1. The van der Waals surface area contributed by atoms with Gasteiger partial charge in [-0.2, -0.15) is 0 Å². The Kier molecular flexibility index (Phi) is 4.51. The molecule has 0 aromatic heterocycles. The standard InChI is InChI=1S/C14H20FNO/c15-12-4-1-11(2-5-12)3-6-13-7-8-14(17-13)9-10-16/h1-2,4-5,13-14H,3,6-10,16H2. The summed E-state index contributed by atoms with van der Waals surface area (Å²) in [5.74, 6) is -0.172. The van der Waals surface area contributed by atoms with Gasteiger partial charge in [-0.3, -0.25) is 0 Å². The van der Waals surface area contributed by atoms with Crippen molar-refractivity contribution in [2.24, 2.45) is 5.73 Å². The predicted molar refractivity (Wildman–Crippen MR) is 66.3 cm³/mol. The van der Waals surface area contributed by atoms with Crippen LogP contribution in [-0.4, -0.2) is 18.8 Å². The molecule has 2 nitrogen and oxygen atoms in total. The Morgan fingerprint density at radius 2 is 1.76 bits per heavy atom. The molecule has 2 rings (SSSR count). The summed E-state index contributed by atoms with van der Waals surface area (Å²) in [6, 6.07) is 6.73. The number of aryl methyl sites for hydroxylation is 1. The average molecular weight is 237 g/mol. The van der Waals surface area contributed by atoms with Crippen molar-refractivity contribution in [1.29, 1.82) is 0 Å². The third-order valence-corrected chi connectivity index (χ3v) is 3.35. The molecule has 2 unspecified atom stereocenters. The number of benzene rings is 1. The first kappa shape index (κ1) is 12.5. The molecule has 0 aliphatic carbocycles. The van der Waals surface area contributed by atoms with Gasteiger partial charge in [0, 0.05) is 0 Å². The molecule has 0 radical (unpaired) electrons. The maximum absolute atomic E-state index is 12.7. The quantitative estimate of drug-likeness (QED) is 0.854. The van der Waals surface area contributed by atoms with Gasteiger partial charge in [-0.05, 0) is 56.3 Å².